The molecule has 0 aromatic carbocycles. The van der Waals surface area contributed by atoms with Gasteiger partial charge in [0.2, 0.25) is 0 Å². The van der Waals surface area contributed by atoms with Gasteiger partial charge in [-0.2, -0.15) is 0 Å². The molecule has 0 radical (unpaired) electrons. The standard InChI is InChI=1S/C19H36F2N4O/c1-5-6-11-26-16-12-15(19(16,2)3)24-18(22-4)23-14-7-9-25(10-8-14)13-17(20)21/h14-17H,5-13H2,1-4H3,(H2,22,23,24). The Labute approximate surface area is 156 Å². The SMILES string of the molecule is CCCCOC1CC(NC(=NC)NC2CCN(CC(F)F)CC2)C1(C)C. The van der Waals surface area contributed by atoms with Gasteiger partial charge < -0.3 is 15.4 Å². The van der Waals surface area contributed by atoms with Crippen molar-refractivity contribution in [3.05, 3.63) is 0 Å². The monoisotopic (exact) mass is 374 g/mol. The van der Waals surface area contributed by atoms with E-state index in [2.05, 4.69) is 36.4 Å². The summed E-state index contributed by atoms with van der Waals surface area (Å²) >= 11 is 0. The summed E-state index contributed by atoms with van der Waals surface area (Å²) in [6.07, 6.45) is 3.03. The molecule has 2 unspecified atom stereocenters. The van der Waals surface area contributed by atoms with Gasteiger partial charge in [0.25, 0.3) is 6.43 Å². The number of hydrogen-bond donors (Lipinski definition) is 2. The van der Waals surface area contributed by atoms with E-state index in [1.54, 1.807) is 7.05 Å². The predicted molar refractivity (Wildman–Crippen MR) is 102 cm³/mol. The Morgan fingerprint density at radius 3 is 2.50 bits per heavy atom. The maximum Gasteiger partial charge on any atom is 0.251 e. The second kappa shape index (κ2) is 9.83. The molecule has 1 aliphatic carbocycles. The van der Waals surface area contributed by atoms with E-state index in [9.17, 15) is 8.78 Å². The number of piperidine rings is 1. The van der Waals surface area contributed by atoms with Gasteiger partial charge in [-0.25, -0.2) is 8.78 Å². The molecule has 7 heteroatoms. The van der Waals surface area contributed by atoms with Crippen molar-refractivity contribution in [1.29, 1.82) is 0 Å². The first kappa shape index (κ1) is 21.4. The molecule has 2 fully saturated rings. The Hall–Kier alpha value is -0.950. The molecule has 0 aromatic heterocycles. The molecule has 1 saturated carbocycles. The van der Waals surface area contributed by atoms with Crippen LogP contribution >= 0.6 is 0 Å². The van der Waals surface area contributed by atoms with E-state index in [0.29, 0.717) is 25.2 Å². The Morgan fingerprint density at radius 1 is 1.27 bits per heavy atom. The number of likely N-dealkylation sites (tertiary alicyclic amines) is 1. The molecule has 26 heavy (non-hydrogen) atoms. The lowest BCUT2D eigenvalue weighted by Crippen LogP contribution is -2.64. The molecule has 0 amide bonds. The smallest absolute Gasteiger partial charge is 0.251 e. The van der Waals surface area contributed by atoms with E-state index in [4.69, 9.17) is 4.74 Å². The number of ether oxygens (including phenoxy) is 1. The molecule has 2 N–H and O–H groups in total. The van der Waals surface area contributed by atoms with Crippen LogP contribution in [0, 0.1) is 5.41 Å². The molecular weight excluding hydrogens is 338 g/mol. The van der Waals surface area contributed by atoms with Crippen molar-refractivity contribution in [3.63, 3.8) is 0 Å². The van der Waals surface area contributed by atoms with Crippen LogP contribution in [-0.4, -0.2) is 68.8 Å². The summed E-state index contributed by atoms with van der Waals surface area (Å²) in [6.45, 7) is 8.79. The Kier molecular flexibility index (Phi) is 8.07. The normalized spacial score (nSPS) is 27.4. The molecule has 1 saturated heterocycles. The highest BCUT2D eigenvalue weighted by molar-refractivity contribution is 5.80. The van der Waals surface area contributed by atoms with Gasteiger partial charge >= 0.3 is 0 Å². The lowest BCUT2D eigenvalue weighted by atomic mass is 9.64. The molecule has 0 aromatic rings. The van der Waals surface area contributed by atoms with Crippen molar-refractivity contribution < 1.29 is 13.5 Å². The summed E-state index contributed by atoms with van der Waals surface area (Å²) in [7, 11) is 1.78. The molecule has 1 aliphatic heterocycles. The van der Waals surface area contributed by atoms with Gasteiger partial charge in [-0.1, -0.05) is 27.2 Å². The average Bonchev–Trinajstić information content (AvgIpc) is 2.60. The number of hydrogen-bond acceptors (Lipinski definition) is 3. The summed E-state index contributed by atoms with van der Waals surface area (Å²) in [6, 6.07) is 0.620. The summed E-state index contributed by atoms with van der Waals surface area (Å²) in [4.78, 5) is 6.20. The molecule has 2 atom stereocenters. The van der Waals surface area contributed by atoms with Gasteiger partial charge in [-0.05, 0) is 25.7 Å². The van der Waals surface area contributed by atoms with Gasteiger partial charge in [0.15, 0.2) is 5.96 Å². The Bertz CT molecular complexity index is 451. The minimum absolute atomic E-state index is 0.0754. The number of aliphatic imine (C=N–C) groups is 1. The first-order valence-electron chi connectivity index (χ1n) is 9.98. The van der Waals surface area contributed by atoms with Gasteiger partial charge in [-0.3, -0.25) is 9.89 Å². The van der Waals surface area contributed by atoms with Crippen LogP contribution < -0.4 is 10.6 Å². The highest BCUT2D eigenvalue weighted by Gasteiger charge is 2.49. The number of nitrogens with zero attached hydrogens (tertiary/aromatic N) is 2. The minimum Gasteiger partial charge on any atom is -0.378 e. The number of halogens is 2. The predicted octanol–water partition coefficient (Wildman–Crippen LogP) is 2.86. The van der Waals surface area contributed by atoms with E-state index < -0.39 is 6.43 Å². The Morgan fingerprint density at radius 2 is 1.96 bits per heavy atom. The van der Waals surface area contributed by atoms with Crippen LogP contribution in [0.15, 0.2) is 4.99 Å². The third-order valence-corrected chi connectivity index (χ3v) is 5.85. The van der Waals surface area contributed by atoms with E-state index >= 15 is 0 Å². The van der Waals surface area contributed by atoms with Crippen molar-refractivity contribution in [2.24, 2.45) is 10.4 Å². The third-order valence-electron chi connectivity index (χ3n) is 5.85. The third kappa shape index (κ3) is 5.78. The molecule has 2 rings (SSSR count). The maximum atomic E-state index is 12.5. The zero-order valence-corrected chi connectivity index (χ0v) is 16.7. The molecule has 2 aliphatic rings. The molecule has 0 spiro atoms. The van der Waals surface area contributed by atoms with Crippen LogP contribution in [0.1, 0.15) is 52.9 Å². The van der Waals surface area contributed by atoms with Crippen LogP contribution in [0.4, 0.5) is 8.78 Å². The van der Waals surface area contributed by atoms with Crippen molar-refractivity contribution >= 4 is 5.96 Å². The fourth-order valence-electron chi connectivity index (χ4n) is 3.77. The van der Waals surface area contributed by atoms with Gasteiger partial charge in [0, 0.05) is 44.2 Å². The molecule has 1 heterocycles. The highest BCUT2D eigenvalue weighted by Crippen LogP contribution is 2.42. The zero-order valence-electron chi connectivity index (χ0n) is 16.7. The first-order chi connectivity index (χ1) is 12.4. The van der Waals surface area contributed by atoms with Gasteiger partial charge in [0.1, 0.15) is 0 Å². The molecule has 0 bridgehead atoms. The van der Waals surface area contributed by atoms with Crippen LogP contribution in [-0.2, 0) is 4.74 Å². The Balaban J connectivity index is 1.73. The quantitative estimate of drug-likeness (QED) is 0.390. The van der Waals surface area contributed by atoms with Crippen molar-refractivity contribution in [2.45, 2.75) is 77.5 Å². The van der Waals surface area contributed by atoms with Crippen molar-refractivity contribution in [3.8, 4) is 0 Å². The molecule has 5 nitrogen and oxygen atoms in total. The van der Waals surface area contributed by atoms with Crippen LogP contribution in [0.25, 0.3) is 0 Å². The second-order valence-corrected chi connectivity index (χ2v) is 8.15. The summed E-state index contributed by atoms with van der Waals surface area (Å²) in [5, 5.41) is 7.00. The van der Waals surface area contributed by atoms with Crippen LogP contribution in [0.2, 0.25) is 0 Å². The van der Waals surface area contributed by atoms with Crippen LogP contribution in [0.3, 0.4) is 0 Å². The van der Waals surface area contributed by atoms with E-state index in [0.717, 1.165) is 44.7 Å². The van der Waals surface area contributed by atoms with E-state index in [-0.39, 0.29) is 18.0 Å². The summed E-state index contributed by atoms with van der Waals surface area (Å²) < 4.78 is 31.0. The topological polar surface area (TPSA) is 48.9 Å². The number of alkyl halides is 2. The summed E-state index contributed by atoms with van der Waals surface area (Å²) in [5.74, 6) is 0.808. The van der Waals surface area contributed by atoms with Crippen molar-refractivity contribution in [2.75, 3.05) is 33.3 Å². The maximum absolute atomic E-state index is 12.5. The van der Waals surface area contributed by atoms with Gasteiger partial charge in [0.05, 0.1) is 12.6 Å². The highest BCUT2D eigenvalue weighted by atomic mass is 19.3. The lowest BCUT2D eigenvalue weighted by Gasteiger charge is -2.52. The van der Waals surface area contributed by atoms with E-state index in [1.165, 1.54) is 0 Å². The number of guanidine groups is 1. The second-order valence-electron chi connectivity index (χ2n) is 8.15. The molecule has 152 valence electrons. The molecular formula is C19H36F2N4O. The summed E-state index contributed by atoms with van der Waals surface area (Å²) in [5.41, 5.74) is 0.0754. The largest absolute Gasteiger partial charge is 0.378 e. The number of rotatable bonds is 8. The minimum atomic E-state index is -2.25. The number of unbranched alkanes of at least 4 members (excludes halogenated alkanes) is 1. The zero-order chi connectivity index (χ0) is 19.2. The van der Waals surface area contributed by atoms with Gasteiger partial charge in [-0.15, -0.1) is 0 Å². The average molecular weight is 375 g/mol. The fraction of sp³-hybridized carbons (Fsp3) is 0.947. The fourth-order valence-corrected chi connectivity index (χ4v) is 3.77. The van der Waals surface area contributed by atoms with E-state index in [1.807, 2.05) is 4.90 Å². The lowest BCUT2D eigenvalue weighted by molar-refractivity contribution is -0.113. The number of nitrogens with one attached hydrogen (secondary N) is 2. The first-order valence-corrected chi connectivity index (χ1v) is 9.98. The van der Waals surface area contributed by atoms with Crippen molar-refractivity contribution in [1.82, 2.24) is 15.5 Å². The van der Waals surface area contributed by atoms with Crippen LogP contribution in [0.5, 0.6) is 0 Å².